The quantitative estimate of drug-likeness (QED) is 0.715. The molecule has 0 spiro atoms. The molecule has 2 rings (SSSR count). The topological polar surface area (TPSA) is 104 Å². The summed E-state index contributed by atoms with van der Waals surface area (Å²) >= 11 is 3.21. The molecule has 0 aromatic carbocycles. The first-order chi connectivity index (χ1) is 9.06. The van der Waals surface area contributed by atoms with Crippen molar-refractivity contribution in [3.63, 3.8) is 0 Å². The van der Waals surface area contributed by atoms with E-state index in [1.165, 1.54) is 6.33 Å². The van der Waals surface area contributed by atoms with Crippen molar-refractivity contribution in [2.75, 3.05) is 25.0 Å². The number of halogens is 1. The Morgan fingerprint density at radius 3 is 2.89 bits per heavy atom. The van der Waals surface area contributed by atoms with Crippen LogP contribution in [0.25, 0.3) is 0 Å². The number of carbonyl (C=O) groups excluding carboxylic acids is 1. The van der Waals surface area contributed by atoms with Crippen LogP contribution in [0.4, 0.5) is 5.82 Å². The van der Waals surface area contributed by atoms with E-state index in [1.54, 1.807) is 0 Å². The molecule has 8 heteroatoms. The molecule has 0 unspecified atom stereocenters. The summed E-state index contributed by atoms with van der Waals surface area (Å²) in [6.07, 6.45) is 3.14. The number of rotatable bonds is 4. The number of piperidine rings is 1. The van der Waals surface area contributed by atoms with E-state index in [0.717, 1.165) is 25.9 Å². The van der Waals surface area contributed by atoms with Gasteiger partial charge in [-0.3, -0.25) is 14.5 Å². The molecule has 1 fully saturated rings. The molecule has 0 aliphatic carbocycles. The lowest BCUT2D eigenvalue weighted by molar-refractivity contribution is -0.119. The second-order valence-corrected chi connectivity index (χ2v) is 5.35. The summed E-state index contributed by atoms with van der Waals surface area (Å²) in [5.41, 5.74) is 4.96. The highest BCUT2D eigenvalue weighted by atomic mass is 79.9. The van der Waals surface area contributed by atoms with Gasteiger partial charge < -0.3 is 16.0 Å². The van der Waals surface area contributed by atoms with Crippen LogP contribution in [0.3, 0.4) is 0 Å². The van der Waals surface area contributed by atoms with Crippen molar-refractivity contribution in [3.8, 4) is 0 Å². The molecule has 1 aliphatic rings. The number of primary amides is 1. The summed E-state index contributed by atoms with van der Waals surface area (Å²) in [4.78, 5) is 30.9. The molecule has 1 saturated heterocycles. The molecular formula is C11H16BrN5O2. The maximum absolute atomic E-state index is 11.4. The van der Waals surface area contributed by atoms with E-state index in [9.17, 15) is 9.59 Å². The van der Waals surface area contributed by atoms with Gasteiger partial charge in [-0.05, 0) is 28.8 Å². The Balaban J connectivity index is 1.90. The Kier molecular flexibility index (Phi) is 4.54. The van der Waals surface area contributed by atoms with Crippen molar-refractivity contribution in [3.05, 3.63) is 21.2 Å². The van der Waals surface area contributed by atoms with Gasteiger partial charge in [0.15, 0.2) is 0 Å². The molecule has 0 bridgehead atoms. The third-order valence-corrected chi connectivity index (χ3v) is 3.84. The molecule has 2 heterocycles. The van der Waals surface area contributed by atoms with Crippen LogP contribution in [-0.2, 0) is 4.79 Å². The standard InChI is InChI=1S/C11H16BrN5O2/c12-9-10(14-6-15-11(9)19)16-7-1-3-17(4-2-7)5-8(13)18/h6-7H,1-5H2,(H2,13,18)(H2,14,15,16,19). The molecule has 0 atom stereocenters. The number of nitrogens with zero attached hydrogens (tertiary/aromatic N) is 2. The minimum absolute atomic E-state index is 0.205. The minimum atomic E-state index is -0.301. The van der Waals surface area contributed by atoms with Crippen LogP contribution < -0.4 is 16.6 Å². The van der Waals surface area contributed by atoms with E-state index in [2.05, 4.69) is 31.2 Å². The number of amides is 1. The van der Waals surface area contributed by atoms with E-state index >= 15 is 0 Å². The fourth-order valence-corrected chi connectivity index (χ4v) is 2.46. The molecule has 1 aromatic rings. The predicted molar refractivity (Wildman–Crippen MR) is 74.8 cm³/mol. The third-order valence-electron chi connectivity index (χ3n) is 3.10. The van der Waals surface area contributed by atoms with Crippen LogP contribution in [0.2, 0.25) is 0 Å². The first-order valence-electron chi connectivity index (χ1n) is 6.06. The molecule has 1 aromatic heterocycles. The predicted octanol–water partition coefficient (Wildman–Crippen LogP) is -0.106. The maximum Gasteiger partial charge on any atom is 0.267 e. The van der Waals surface area contributed by atoms with Crippen molar-refractivity contribution in [1.82, 2.24) is 14.9 Å². The second kappa shape index (κ2) is 6.16. The SMILES string of the molecule is NC(=O)CN1CCC(Nc2nc[nH]c(=O)c2Br)CC1. The van der Waals surface area contributed by atoms with E-state index in [4.69, 9.17) is 5.73 Å². The number of anilines is 1. The lowest BCUT2D eigenvalue weighted by Crippen LogP contribution is -2.43. The van der Waals surface area contributed by atoms with E-state index in [-0.39, 0.29) is 17.5 Å². The zero-order chi connectivity index (χ0) is 13.8. The van der Waals surface area contributed by atoms with Gasteiger partial charge in [-0.2, -0.15) is 0 Å². The molecule has 4 N–H and O–H groups in total. The van der Waals surface area contributed by atoms with Crippen molar-refractivity contribution in [2.24, 2.45) is 5.73 Å². The Labute approximate surface area is 118 Å². The minimum Gasteiger partial charge on any atom is -0.369 e. The number of hydrogen-bond donors (Lipinski definition) is 3. The van der Waals surface area contributed by atoms with Gasteiger partial charge in [-0.1, -0.05) is 0 Å². The highest BCUT2D eigenvalue weighted by molar-refractivity contribution is 9.10. The van der Waals surface area contributed by atoms with Gasteiger partial charge in [0, 0.05) is 19.1 Å². The van der Waals surface area contributed by atoms with Gasteiger partial charge in [0.2, 0.25) is 5.91 Å². The number of aromatic amines is 1. The van der Waals surface area contributed by atoms with Crippen LogP contribution in [0.15, 0.2) is 15.6 Å². The molecule has 0 radical (unpaired) electrons. The Morgan fingerprint density at radius 1 is 1.58 bits per heavy atom. The van der Waals surface area contributed by atoms with Crippen LogP contribution in [-0.4, -0.2) is 46.5 Å². The zero-order valence-electron chi connectivity index (χ0n) is 10.4. The largest absolute Gasteiger partial charge is 0.369 e. The molecule has 19 heavy (non-hydrogen) atoms. The van der Waals surface area contributed by atoms with Crippen molar-refractivity contribution < 1.29 is 4.79 Å². The summed E-state index contributed by atoms with van der Waals surface area (Å²) in [7, 11) is 0. The van der Waals surface area contributed by atoms with Crippen LogP contribution in [0, 0.1) is 0 Å². The number of nitrogens with two attached hydrogens (primary N) is 1. The Hall–Kier alpha value is -1.41. The molecule has 104 valence electrons. The highest BCUT2D eigenvalue weighted by Gasteiger charge is 2.21. The smallest absolute Gasteiger partial charge is 0.267 e. The first kappa shape index (κ1) is 14.0. The average molecular weight is 330 g/mol. The van der Waals surface area contributed by atoms with Gasteiger partial charge in [0.25, 0.3) is 5.56 Å². The number of H-pyrrole nitrogens is 1. The van der Waals surface area contributed by atoms with Gasteiger partial charge >= 0.3 is 0 Å². The van der Waals surface area contributed by atoms with Crippen LogP contribution in [0.1, 0.15) is 12.8 Å². The molecule has 1 amide bonds. The van der Waals surface area contributed by atoms with Crippen molar-refractivity contribution in [1.29, 1.82) is 0 Å². The average Bonchev–Trinajstić information content (AvgIpc) is 2.37. The van der Waals surface area contributed by atoms with Gasteiger partial charge in [0.05, 0.1) is 12.9 Å². The zero-order valence-corrected chi connectivity index (χ0v) is 11.9. The van der Waals surface area contributed by atoms with Crippen LogP contribution >= 0.6 is 15.9 Å². The molecular weight excluding hydrogens is 314 g/mol. The maximum atomic E-state index is 11.4. The fraction of sp³-hybridized carbons (Fsp3) is 0.545. The summed E-state index contributed by atoms with van der Waals surface area (Å²) in [5, 5.41) is 3.24. The van der Waals surface area contributed by atoms with E-state index < -0.39 is 0 Å². The summed E-state index contributed by atoms with van der Waals surface area (Å²) in [6, 6.07) is 0.245. The summed E-state index contributed by atoms with van der Waals surface area (Å²) in [6.45, 7) is 1.92. The van der Waals surface area contributed by atoms with Gasteiger partial charge in [-0.15, -0.1) is 0 Å². The number of carbonyl (C=O) groups is 1. The monoisotopic (exact) mass is 329 g/mol. The Morgan fingerprint density at radius 2 is 2.26 bits per heavy atom. The number of hydrogen-bond acceptors (Lipinski definition) is 5. The molecule has 1 aliphatic heterocycles. The fourth-order valence-electron chi connectivity index (χ4n) is 2.13. The first-order valence-corrected chi connectivity index (χ1v) is 6.86. The van der Waals surface area contributed by atoms with Crippen molar-refractivity contribution in [2.45, 2.75) is 18.9 Å². The normalized spacial score (nSPS) is 17.3. The number of aromatic nitrogens is 2. The van der Waals surface area contributed by atoms with Crippen molar-refractivity contribution >= 4 is 27.7 Å². The second-order valence-electron chi connectivity index (χ2n) is 4.56. The lowest BCUT2D eigenvalue weighted by Gasteiger charge is -2.31. The lowest BCUT2D eigenvalue weighted by atomic mass is 10.1. The van der Waals surface area contributed by atoms with Gasteiger partial charge in [-0.25, -0.2) is 4.98 Å². The highest BCUT2D eigenvalue weighted by Crippen LogP contribution is 2.19. The van der Waals surface area contributed by atoms with E-state index in [1.807, 2.05) is 4.90 Å². The summed E-state index contributed by atoms with van der Waals surface area (Å²) < 4.78 is 0.412. The molecule has 0 saturated carbocycles. The van der Waals surface area contributed by atoms with E-state index in [0.29, 0.717) is 16.8 Å². The number of likely N-dealkylation sites (tertiary alicyclic amines) is 1. The molecule has 7 nitrogen and oxygen atoms in total. The third kappa shape index (κ3) is 3.77. The number of nitrogens with one attached hydrogen (secondary N) is 2. The Bertz CT molecular complexity index is 510. The summed E-state index contributed by atoms with van der Waals surface area (Å²) in [5.74, 6) is 0.252. The van der Waals surface area contributed by atoms with Crippen LogP contribution in [0.5, 0.6) is 0 Å². The van der Waals surface area contributed by atoms with Gasteiger partial charge in [0.1, 0.15) is 10.3 Å².